The maximum Gasteiger partial charge on any atom is 0.416 e. The van der Waals surface area contributed by atoms with Gasteiger partial charge in [-0.3, -0.25) is 9.69 Å². The zero-order chi connectivity index (χ0) is 28.4. The van der Waals surface area contributed by atoms with Gasteiger partial charge in [0.1, 0.15) is 0 Å². The number of rotatable bonds is 6. The number of hydrogen-bond acceptors (Lipinski definition) is 5. The predicted octanol–water partition coefficient (Wildman–Crippen LogP) is 5.99. The van der Waals surface area contributed by atoms with Crippen molar-refractivity contribution in [3.63, 3.8) is 0 Å². The van der Waals surface area contributed by atoms with E-state index in [-0.39, 0.29) is 5.56 Å². The number of carbonyl (C=O) groups is 1. The standard InChI is InChI=1S/C31H27F3N6O/c32-31(33,34)25-10-4-9-24(18-25)30(41)36-26-11-5-8-23(19-26)27-12-13-35-28-20-29(37-40(27)28)39-16-14-38(15-17-39)21-22-6-2-1-3-7-22/h1-13,18-20H,14-17,21H2,(H,36,41). The quantitative estimate of drug-likeness (QED) is 0.278. The Balaban J connectivity index is 1.18. The summed E-state index contributed by atoms with van der Waals surface area (Å²) < 4.78 is 41.1. The van der Waals surface area contributed by atoms with Crippen molar-refractivity contribution in [3.8, 4) is 11.3 Å². The molecule has 0 atom stereocenters. The van der Waals surface area contributed by atoms with E-state index in [2.05, 4.69) is 44.4 Å². The molecule has 3 heterocycles. The van der Waals surface area contributed by atoms with Crippen LogP contribution >= 0.6 is 0 Å². The van der Waals surface area contributed by atoms with Crippen LogP contribution in [0, 0.1) is 0 Å². The minimum Gasteiger partial charge on any atom is -0.353 e. The summed E-state index contributed by atoms with van der Waals surface area (Å²) >= 11 is 0. The first-order chi connectivity index (χ1) is 19.8. The van der Waals surface area contributed by atoms with Crippen molar-refractivity contribution in [1.82, 2.24) is 19.5 Å². The molecule has 6 rings (SSSR count). The predicted molar refractivity (Wildman–Crippen MR) is 152 cm³/mol. The van der Waals surface area contributed by atoms with Crippen LogP contribution in [0.5, 0.6) is 0 Å². The molecular formula is C31H27F3N6O. The molecule has 0 bridgehead atoms. The molecule has 1 aliphatic rings. The molecule has 3 aromatic carbocycles. The van der Waals surface area contributed by atoms with Gasteiger partial charge in [-0.1, -0.05) is 48.5 Å². The molecule has 5 aromatic rings. The normalized spacial score (nSPS) is 14.4. The molecule has 7 nitrogen and oxygen atoms in total. The average molecular weight is 557 g/mol. The van der Waals surface area contributed by atoms with Crippen molar-refractivity contribution in [2.45, 2.75) is 12.7 Å². The second-order valence-corrected chi connectivity index (χ2v) is 9.96. The number of benzene rings is 3. The fraction of sp³-hybridized carbons (Fsp3) is 0.194. The van der Waals surface area contributed by atoms with Gasteiger partial charge in [-0.15, -0.1) is 5.10 Å². The number of anilines is 2. The Morgan fingerprint density at radius 1 is 0.854 bits per heavy atom. The van der Waals surface area contributed by atoms with Crippen molar-refractivity contribution >= 4 is 23.1 Å². The van der Waals surface area contributed by atoms with Crippen molar-refractivity contribution in [3.05, 3.63) is 114 Å². The van der Waals surface area contributed by atoms with Crippen LogP contribution in [-0.4, -0.2) is 51.6 Å². The highest BCUT2D eigenvalue weighted by Gasteiger charge is 2.31. The number of carbonyl (C=O) groups excluding carboxylic acids is 1. The lowest BCUT2D eigenvalue weighted by Crippen LogP contribution is -2.46. The summed E-state index contributed by atoms with van der Waals surface area (Å²) in [4.78, 5) is 21.9. The number of hydrogen-bond donors (Lipinski definition) is 1. The smallest absolute Gasteiger partial charge is 0.353 e. The van der Waals surface area contributed by atoms with E-state index in [9.17, 15) is 18.0 Å². The van der Waals surface area contributed by atoms with E-state index >= 15 is 0 Å². The molecule has 208 valence electrons. The van der Waals surface area contributed by atoms with Crippen LogP contribution in [-0.2, 0) is 12.7 Å². The number of nitrogens with zero attached hydrogens (tertiary/aromatic N) is 5. The number of piperazine rings is 1. The Hall–Kier alpha value is -4.70. The lowest BCUT2D eigenvalue weighted by molar-refractivity contribution is -0.137. The molecule has 0 saturated carbocycles. The lowest BCUT2D eigenvalue weighted by atomic mass is 10.1. The fourth-order valence-corrected chi connectivity index (χ4v) is 5.03. The van der Waals surface area contributed by atoms with Crippen LogP contribution in [0.2, 0.25) is 0 Å². The Morgan fingerprint density at radius 2 is 1.63 bits per heavy atom. The highest BCUT2D eigenvalue weighted by atomic mass is 19.4. The van der Waals surface area contributed by atoms with Gasteiger partial charge in [0.15, 0.2) is 11.5 Å². The van der Waals surface area contributed by atoms with Gasteiger partial charge in [0.2, 0.25) is 0 Å². The summed E-state index contributed by atoms with van der Waals surface area (Å²) in [6.45, 7) is 4.48. The van der Waals surface area contributed by atoms with Crippen LogP contribution in [0.1, 0.15) is 21.5 Å². The van der Waals surface area contributed by atoms with E-state index in [0.29, 0.717) is 11.3 Å². The van der Waals surface area contributed by atoms with Crippen LogP contribution in [0.3, 0.4) is 0 Å². The van der Waals surface area contributed by atoms with E-state index in [4.69, 9.17) is 5.10 Å². The topological polar surface area (TPSA) is 65.8 Å². The Morgan fingerprint density at radius 3 is 2.41 bits per heavy atom. The maximum absolute atomic E-state index is 13.1. The monoisotopic (exact) mass is 556 g/mol. The molecule has 1 saturated heterocycles. The molecule has 0 radical (unpaired) electrons. The first kappa shape index (κ1) is 26.5. The number of alkyl halides is 3. The number of amides is 1. The largest absolute Gasteiger partial charge is 0.416 e. The summed E-state index contributed by atoms with van der Waals surface area (Å²) in [5, 5.41) is 7.57. The molecule has 0 aliphatic carbocycles. The molecule has 1 aliphatic heterocycles. The van der Waals surface area contributed by atoms with E-state index in [1.165, 1.54) is 17.7 Å². The molecule has 1 fully saturated rings. The summed E-state index contributed by atoms with van der Waals surface area (Å²) in [5.74, 6) is 0.222. The molecule has 1 amide bonds. The molecule has 2 aromatic heterocycles. The number of fused-ring (bicyclic) bond motifs is 1. The SMILES string of the molecule is O=C(Nc1cccc(-c2ccnc3cc(N4CCN(Cc5ccccc5)CC4)nn23)c1)c1cccc(C(F)(F)F)c1. The molecule has 1 N–H and O–H groups in total. The van der Waals surface area contributed by atoms with Crippen LogP contribution in [0.25, 0.3) is 16.9 Å². The van der Waals surface area contributed by atoms with Crippen molar-refractivity contribution in [1.29, 1.82) is 0 Å². The third-order valence-corrected chi connectivity index (χ3v) is 7.16. The van der Waals surface area contributed by atoms with Gasteiger partial charge < -0.3 is 10.2 Å². The van der Waals surface area contributed by atoms with Crippen LogP contribution in [0.4, 0.5) is 24.7 Å². The highest BCUT2D eigenvalue weighted by molar-refractivity contribution is 6.04. The van der Waals surface area contributed by atoms with Crippen LogP contribution < -0.4 is 10.2 Å². The zero-order valence-electron chi connectivity index (χ0n) is 22.1. The average Bonchev–Trinajstić information content (AvgIpc) is 3.43. The Kier molecular flexibility index (Phi) is 7.15. The highest BCUT2D eigenvalue weighted by Crippen LogP contribution is 2.30. The number of nitrogens with one attached hydrogen (secondary N) is 1. The van der Waals surface area contributed by atoms with E-state index in [0.717, 1.165) is 61.9 Å². The van der Waals surface area contributed by atoms with Gasteiger partial charge in [-0.05, 0) is 42.0 Å². The number of aromatic nitrogens is 3. The molecular weight excluding hydrogens is 529 g/mol. The Labute approximate surface area is 234 Å². The summed E-state index contributed by atoms with van der Waals surface area (Å²) in [7, 11) is 0. The third-order valence-electron chi connectivity index (χ3n) is 7.16. The van der Waals surface area contributed by atoms with Crippen molar-refractivity contribution < 1.29 is 18.0 Å². The summed E-state index contributed by atoms with van der Waals surface area (Å²) in [6, 6.07) is 25.7. The third kappa shape index (κ3) is 5.92. The molecule has 41 heavy (non-hydrogen) atoms. The second kappa shape index (κ2) is 11.1. The van der Waals surface area contributed by atoms with Gasteiger partial charge in [0.05, 0.1) is 11.3 Å². The first-order valence-corrected chi connectivity index (χ1v) is 13.3. The summed E-state index contributed by atoms with van der Waals surface area (Å²) in [5.41, 5.74) is 3.07. The van der Waals surface area contributed by atoms with Gasteiger partial charge >= 0.3 is 6.18 Å². The second-order valence-electron chi connectivity index (χ2n) is 9.96. The minimum atomic E-state index is -4.53. The Bertz CT molecular complexity index is 1680. The number of halogens is 3. The van der Waals surface area contributed by atoms with Gasteiger partial charge in [-0.25, -0.2) is 9.50 Å². The van der Waals surface area contributed by atoms with Crippen LogP contribution in [0.15, 0.2) is 97.2 Å². The van der Waals surface area contributed by atoms with Gasteiger partial charge in [0.25, 0.3) is 5.91 Å². The summed E-state index contributed by atoms with van der Waals surface area (Å²) in [6.07, 6.45) is -2.82. The van der Waals surface area contributed by atoms with Crippen molar-refractivity contribution in [2.24, 2.45) is 0 Å². The zero-order valence-corrected chi connectivity index (χ0v) is 22.1. The van der Waals surface area contributed by atoms with E-state index in [1.54, 1.807) is 28.9 Å². The van der Waals surface area contributed by atoms with E-state index < -0.39 is 17.6 Å². The van der Waals surface area contributed by atoms with Gasteiger partial charge in [0, 0.05) is 61.8 Å². The minimum absolute atomic E-state index is 0.0721. The fourth-order valence-electron chi connectivity index (χ4n) is 5.03. The lowest BCUT2D eigenvalue weighted by Gasteiger charge is -2.34. The molecule has 0 spiro atoms. The molecule has 0 unspecified atom stereocenters. The molecule has 10 heteroatoms. The van der Waals surface area contributed by atoms with E-state index in [1.807, 2.05) is 24.3 Å². The maximum atomic E-state index is 13.1. The first-order valence-electron chi connectivity index (χ1n) is 13.3. The van der Waals surface area contributed by atoms with Gasteiger partial charge in [-0.2, -0.15) is 13.2 Å². The van der Waals surface area contributed by atoms with Crippen molar-refractivity contribution in [2.75, 3.05) is 36.4 Å².